The van der Waals surface area contributed by atoms with Crippen LogP contribution in [0, 0.1) is 11.6 Å². The summed E-state index contributed by atoms with van der Waals surface area (Å²) in [5.74, 6) is -4.40. The fourth-order valence-electron chi connectivity index (χ4n) is 5.29. The number of hydrogen-bond acceptors (Lipinski definition) is 6. The van der Waals surface area contributed by atoms with Gasteiger partial charge >= 0.3 is 18.4 Å². The maximum atomic E-state index is 14.9. The van der Waals surface area contributed by atoms with Gasteiger partial charge in [-0.15, -0.1) is 8.78 Å². The minimum Gasteiger partial charge on any atom is -0.484 e. The number of aromatic nitrogens is 2. The molecule has 1 aromatic heterocycles. The molecule has 6 rings (SSSR count). The summed E-state index contributed by atoms with van der Waals surface area (Å²) in [6.45, 7) is 1.31. The Morgan fingerprint density at radius 1 is 1.04 bits per heavy atom. The van der Waals surface area contributed by atoms with Crippen LogP contribution in [0.3, 0.4) is 0 Å². The molecule has 0 saturated carbocycles. The molecule has 15 heteroatoms. The minimum atomic E-state index is -4.83. The van der Waals surface area contributed by atoms with Crippen molar-refractivity contribution >= 4 is 5.97 Å². The number of carboxylic acid groups (broad SMARTS) is 1. The second kappa shape index (κ2) is 10.9. The molecule has 0 saturated heterocycles. The minimum absolute atomic E-state index is 0.0114. The second-order valence-corrected chi connectivity index (χ2v) is 10.3. The molecule has 2 aliphatic rings. The molecule has 45 heavy (non-hydrogen) atoms. The lowest BCUT2D eigenvalue weighted by Crippen LogP contribution is -2.25. The van der Waals surface area contributed by atoms with E-state index in [9.17, 15) is 35.5 Å². The number of alkyl halides is 5. The van der Waals surface area contributed by atoms with E-state index in [1.807, 2.05) is 0 Å². The number of carbonyl (C=O) groups is 1. The largest absolute Gasteiger partial charge is 0.586 e. The van der Waals surface area contributed by atoms with Crippen LogP contribution in [0.1, 0.15) is 64.8 Å². The lowest BCUT2D eigenvalue weighted by molar-refractivity contribution is -0.286. The molecule has 0 amide bonds. The zero-order valence-electron chi connectivity index (χ0n) is 23.0. The van der Waals surface area contributed by atoms with Gasteiger partial charge in [-0.25, -0.2) is 18.3 Å². The van der Waals surface area contributed by atoms with Crippen LogP contribution in [0.15, 0.2) is 54.6 Å². The predicted molar refractivity (Wildman–Crippen MR) is 140 cm³/mol. The van der Waals surface area contributed by atoms with Gasteiger partial charge in [0.05, 0.1) is 16.9 Å². The van der Waals surface area contributed by atoms with Gasteiger partial charge in [0, 0.05) is 23.3 Å². The molecule has 1 aliphatic carbocycles. The Kier molecular flexibility index (Phi) is 7.28. The van der Waals surface area contributed by atoms with E-state index in [0.29, 0.717) is 18.9 Å². The van der Waals surface area contributed by atoms with Gasteiger partial charge in [-0.2, -0.15) is 18.3 Å². The van der Waals surface area contributed by atoms with Crippen LogP contribution in [-0.2, 0) is 12.6 Å². The highest BCUT2D eigenvalue weighted by molar-refractivity contribution is 5.87. The molecule has 1 aliphatic heterocycles. The zero-order chi connectivity index (χ0) is 32.3. The highest BCUT2D eigenvalue weighted by Crippen LogP contribution is 2.45. The Labute approximate surface area is 249 Å². The maximum Gasteiger partial charge on any atom is 0.586 e. The van der Waals surface area contributed by atoms with E-state index in [4.69, 9.17) is 14.6 Å². The summed E-state index contributed by atoms with van der Waals surface area (Å²) >= 11 is 0. The van der Waals surface area contributed by atoms with Gasteiger partial charge in [-0.3, -0.25) is 0 Å². The van der Waals surface area contributed by atoms with E-state index in [1.54, 1.807) is 0 Å². The van der Waals surface area contributed by atoms with Crippen molar-refractivity contribution in [1.29, 1.82) is 0 Å². The van der Waals surface area contributed by atoms with Crippen LogP contribution in [0.5, 0.6) is 23.0 Å². The Hall–Kier alpha value is -4.95. The summed E-state index contributed by atoms with van der Waals surface area (Å²) in [7, 11) is 0. The highest BCUT2D eigenvalue weighted by atomic mass is 19.4. The van der Waals surface area contributed by atoms with Crippen molar-refractivity contribution in [2.75, 3.05) is 0 Å². The van der Waals surface area contributed by atoms with Crippen molar-refractivity contribution in [2.24, 2.45) is 0 Å². The smallest absolute Gasteiger partial charge is 0.484 e. The van der Waals surface area contributed by atoms with Crippen LogP contribution in [-0.4, -0.2) is 27.2 Å². The molecule has 2 atom stereocenters. The third-order valence-corrected chi connectivity index (χ3v) is 7.29. The third kappa shape index (κ3) is 5.81. The van der Waals surface area contributed by atoms with Gasteiger partial charge < -0.3 is 24.1 Å². The average molecular weight is 638 g/mol. The monoisotopic (exact) mass is 638 g/mol. The quantitative estimate of drug-likeness (QED) is 0.207. The first-order valence-corrected chi connectivity index (χ1v) is 13.4. The number of halogens is 7. The Morgan fingerprint density at radius 3 is 2.40 bits per heavy atom. The molecule has 2 heterocycles. The summed E-state index contributed by atoms with van der Waals surface area (Å²) in [4.78, 5) is 11.2. The highest BCUT2D eigenvalue weighted by Gasteiger charge is 2.45. The topological polar surface area (TPSA) is 92.0 Å². The normalized spacial score (nSPS) is 17.5. The maximum absolute atomic E-state index is 14.9. The van der Waals surface area contributed by atoms with Crippen molar-refractivity contribution < 1.29 is 59.6 Å². The van der Waals surface area contributed by atoms with Crippen LogP contribution in [0.25, 0.3) is 5.69 Å². The number of ether oxygens (including phenoxy) is 4. The van der Waals surface area contributed by atoms with Crippen molar-refractivity contribution in [3.05, 3.63) is 94.3 Å². The third-order valence-electron chi connectivity index (χ3n) is 7.29. The summed E-state index contributed by atoms with van der Waals surface area (Å²) < 4.78 is 120. The summed E-state index contributed by atoms with van der Waals surface area (Å²) in [6, 6.07) is 10.1. The van der Waals surface area contributed by atoms with Crippen LogP contribution < -0.4 is 18.9 Å². The van der Waals surface area contributed by atoms with E-state index < -0.39 is 65.2 Å². The van der Waals surface area contributed by atoms with Gasteiger partial charge in [0.25, 0.3) is 0 Å². The molecule has 4 aromatic rings. The van der Waals surface area contributed by atoms with Gasteiger partial charge in [-0.1, -0.05) is 0 Å². The molecule has 8 nitrogen and oxygen atoms in total. The van der Waals surface area contributed by atoms with Crippen molar-refractivity contribution in [1.82, 2.24) is 9.78 Å². The van der Waals surface area contributed by atoms with Gasteiger partial charge in [0.2, 0.25) is 0 Å². The van der Waals surface area contributed by atoms with Crippen molar-refractivity contribution in [3.8, 4) is 28.7 Å². The predicted octanol–water partition coefficient (Wildman–Crippen LogP) is 7.79. The van der Waals surface area contributed by atoms with Crippen LogP contribution >= 0.6 is 0 Å². The zero-order valence-corrected chi connectivity index (χ0v) is 23.0. The molecule has 0 spiro atoms. The molecular formula is C30H21F7N2O6. The van der Waals surface area contributed by atoms with Gasteiger partial charge in [0.1, 0.15) is 23.8 Å². The summed E-state index contributed by atoms with van der Waals surface area (Å²) in [5, 5.41) is 13.0. The first-order chi connectivity index (χ1) is 21.2. The standard InChI is InChI=1S/C30H21F7N2O6/c1-14(19-12-24-25(13-21(19)32)45-30(36,37)44-24)42-23-11-16(7-10-20(23)31)39-26-18(27(38-39)29(33,34)35)3-2-4-22(26)43-17-8-5-15(6-9-17)28(40)41/h5-14,22H,2-4H2,1H3,(H,40,41)/t14-,22-/m0/s1. The van der Waals surface area contributed by atoms with E-state index in [1.165, 1.54) is 37.3 Å². The molecule has 0 fully saturated rings. The lowest BCUT2D eigenvalue weighted by atomic mass is 9.93. The number of hydrogen-bond donors (Lipinski definition) is 1. The number of fused-ring (bicyclic) bond motifs is 2. The average Bonchev–Trinajstić information content (AvgIpc) is 3.51. The van der Waals surface area contributed by atoms with Gasteiger partial charge in [0.15, 0.2) is 28.8 Å². The summed E-state index contributed by atoms with van der Waals surface area (Å²) in [6.07, 6.45) is -10.4. The van der Waals surface area contributed by atoms with Crippen LogP contribution in [0.4, 0.5) is 30.7 Å². The molecule has 0 unspecified atom stereocenters. The van der Waals surface area contributed by atoms with Crippen molar-refractivity contribution in [3.63, 3.8) is 0 Å². The van der Waals surface area contributed by atoms with Crippen LogP contribution in [0.2, 0.25) is 0 Å². The number of benzene rings is 3. The first kappa shape index (κ1) is 30.1. The SMILES string of the molecule is C[C@H](Oc1cc(-n2nc(C(F)(F)F)c3c2[C@@H](Oc2ccc(C(=O)O)cc2)CCC3)ccc1F)c1cc2c(cc1F)OC(F)(F)O2. The molecule has 236 valence electrons. The van der Waals surface area contributed by atoms with E-state index >= 15 is 0 Å². The van der Waals surface area contributed by atoms with E-state index in [-0.39, 0.29) is 40.2 Å². The summed E-state index contributed by atoms with van der Waals surface area (Å²) in [5.41, 5.74) is -1.52. The Morgan fingerprint density at radius 2 is 1.73 bits per heavy atom. The van der Waals surface area contributed by atoms with E-state index in [0.717, 1.165) is 22.9 Å². The number of nitrogens with zero attached hydrogens (tertiary/aromatic N) is 2. The second-order valence-electron chi connectivity index (χ2n) is 10.3. The van der Waals surface area contributed by atoms with E-state index in [2.05, 4.69) is 14.6 Å². The molecular weight excluding hydrogens is 617 g/mol. The Bertz CT molecular complexity index is 1790. The number of rotatable bonds is 7. The fraction of sp³-hybridized carbons (Fsp3) is 0.267. The molecule has 0 bridgehead atoms. The fourth-order valence-corrected chi connectivity index (χ4v) is 5.29. The lowest BCUT2D eigenvalue weighted by Gasteiger charge is -2.26. The molecule has 1 N–H and O–H groups in total. The van der Waals surface area contributed by atoms with Gasteiger partial charge in [-0.05, 0) is 68.7 Å². The number of carboxylic acids is 1. The first-order valence-electron chi connectivity index (χ1n) is 13.4. The Balaban J connectivity index is 1.35. The molecule has 3 aromatic carbocycles. The molecule has 0 radical (unpaired) electrons. The number of aromatic carboxylic acids is 1. The van der Waals surface area contributed by atoms with Crippen molar-refractivity contribution in [2.45, 2.75) is 50.9 Å².